The fourth-order valence-corrected chi connectivity index (χ4v) is 3.65. The number of nitrogens with one attached hydrogen (secondary N) is 1. The molecule has 1 aliphatic rings. The maximum absolute atomic E-state index is 5.22. The molecular weight excluding hydrogens is 258 g/mol. The molecule has 0 aromatic heterocycles. The monoisotopic (exact) mass is 289 g/mol. The Labute approximate surface area is 130 Å². The summed E-state index contributed by atoms with van der Waals surface area (Å²) in [5.41, 5.74) is 3.50. The van der Waals surface area contributed by atoms with Gasteiger partial charge in [0.1, 0.15) is 0 Å². The zero-order valence-electron chi connectivity index (χ0n) is 14.0. The molecule has 1 atom stereocenters. The summed E-state index contributed by atoms with van der Waals surface area (Å²) < 4.78 is 5.22. The Morgan fingerprint density at radius 3 is 2.81 bits per heavy atom. The van der Waals surface area contributed by atoms with Crippen LogP contribution in [0, 0.1) is 0 Å². The molecule has 0 radical (unpaired) electrons. The van der Waals surface area contributed by atoms with Crippen molar-refractivity contribution in [2.24, 2.45) is 0 Å². The Balaban J connectivity index is 2.15. The molecule has 2 heteroatoms. The van der Waals surface area contributed by atoms with Gasteiger partial charge in [-0.15, -0.1) is 0 Å². The Kier molecular flexibility index (Phi) is 6.25. The number of hydrogen-bond acceptors (Lipinski definition) is 2. The number of unbranched alkanes of at least 4 members (excludes halogenated alkanes) is 1. The van der Waals surface area contributed by atoms with Gasteiger partial charge < -0.3 is 10.1 Å². The summed E-state index contributed by atoms with van der Waals surface area (Å²) in [6.07, 6.45) is 7.58. The summed E-state index contributed by atoms with van der Waals surface area (Å²) in [4.78, 5) is 0. The van der Waals surface area contributed by atoms with E-state index in [0.717, 1.165) is 13.2 Å². The van der Waals surface area contributed by atoms with Crippen LogP contribution < -0.4 is 5.32 Å². The van der Waals surface area contributed by atoms with Gasteiger partial charge in [0.05, 0.1) is 0 Å². The Hall–Kier alpha value is -0.860. The molecule has 0 saturated carbocycles. The van der Waals surface area contributed by atoms with Crippen molar-refractivity contribution in [3.05, 3.63) is 35.4 Å². The van der Waals surface area contributed by atoms with E-state index in [1.165, 1.54) is 38.5 Å². The molecule has 0 saturated heterocycles. The van der Waals surface area contributed by atoms with E-state index in [4.69, 9.17) is 4.74 Å². The minimum atomic E-state index is 0.326. The number of hydrogen-bond donors (Lipinski definition) is 1. The van der Waals surface area contributed by atoms with Gasteiger partial charge in [-0.05, 0) is 43.2 Å². The predicted octanol–water partition coefficient (Wildman–Crippen LogP) is 4.08. The van der Waals surface area contributed by atoms with Crippen LogP contribution in [0.1, 0.15) is 57.1 Å². The van der Waals surface area contributed by atoms with Gasteiger partial charge in [0.2, 0.25) is 0 Å². The standard InChI is InChI=1S/C19H31NO/c1-16(2)20-15-19(12-6-7-14-21-3)13-8-10-17-9-4-5-11-18(17)19/h4-5,9,11,16,20H,6-8,10,12-15H2,1-3H3. The highest BCUT2D eigenvalue weighted by atomic mass is 16.5. The normalized spacial score (nSPS) is 21.5. The van der Waals surface area contributed by atoms with Gasteiger partial charge in [-0.3, -0.25) is 0 Å². The molecule has 1 aromatic carbocycles. The average Bonchev–Trinajstić information content (AvgIpc) is 2.50. The molecule has 0 amide bonds. The van der Waals surface area contributed by atoms with Gasteiger partial charge in [-0.25, -0.2) is 0 Å². The fraction of sp³-hybridized carbons (Fsp3) is 0.684. The molecule has 0 spiro atoms. The van der Waals surface area contributed by atoms with Crippen LogP contribution in [0.25, 0.3) is 0 Å². The molecule has 0 fully saturated rings. The van der Waals surface area contributed by atoms with E-state index < -0.39 is 0 Å². The van der Waals surface area contributed by atoms with Crippen LogP contribution in [-0.4, -0.2) is 26.3 Å². The van der Waals surface area contributed by atoms with Crippen LogP contribution >= 0.6 is 0 Å². The first-order valence-electron chi connectivity index (χ1n) is 8.49. The second-order valence-corrected chi connectivity index (χ2v) is 6.78. The number of aryl methyl sites for hydroxylation is 1. The number of fused-ring (bicyclic) bond motifs is 1. The molecule has 1 aromatic rings. The molecule has 1 unspecified atom stereocenters. The molecule has 1 aliphatic carbocycles. The first-order valence-corrected chi connectivity index (χ1v) is 8.49. The Morgan fingerprint density at radius 1 is 1.24 bits per heavy atom. The SMILES string of the molecule is COCCCCC1(CNC(C)C)CCCc2ccccc21. The van der Waals surface area contributed by atoms with Crippen molar-refractivity contribution in [1.82, 2.24) is 5.32 Å². The van der Waals surface area contributed by atoms with Crippen LogP contribution in [0.5, 0.6) is 0 Å². The summed E-state index contributed by atoms with van der Waals surface area (Å²) in [5.74, 6) is 0. The first kappa shape index (κ1) is 16.5. The van der Waals surface area contributed by atoms with Crippen LogP contribution in [0.15, 0.2) is 24.3 Å². The van der Waals surface area contributed by atoms with Crippen molar-refractivity contribution in [3.8, 4) is 0 Å². The van der Waals surface area contributed by atoms with E-state index in [-0.39, 0.29) is 0 Å². The van der Waals surface area contributed by atoms with E-state index in [0.29, 0.717) is 11.5 Å². The molecule has 0 bridgehead atoms. The van der Waals surface area contributed by atoms with Crippen molar-refractivity contribution in [3.63, 3.8) is 0 Å². The highest BCUT2D eigenvalue weighted by Crippen LogP contribution is 2.40. The number of methoxy groups -OCH3 is 1. The van der Waals surface area contributed by atoms with Crippen LogP contribution in [0.2, 0.25) is 0 Å². The number of ether oxygens (including phenoxy) is 1. The second kappa shape index (κ2) is 7.95. The quantitative estimate of drug-likeness (QED) is 0.728. The molecule has 2 rings (SSSR count). The van der Waals surface area contributed by atoms with Gasteiger partial charge in [0.15, 0.2) is 0 Å². The smallest absolute Gasteiger partial charge is 0.0462 e. The van der Waals surface area contributed by atoms with Crippen molar-refractivity contribution >= 4 is 0 Å². The lowest BCUT2D eigenvalue weighted by Crippen LogP contribution is -2.43. The molecule has 1 N–H and O–H groups in total. The maximum Gasteiger partial charge on any atom is 0.0462 e. The third kappa shape index (κ3) is 4.31. The van der Waals surface area contributed by atoms with Crippen LogP contribution in [0.4, 0.5) is 0 Å². The third-order valence-corrected chi connectivity index (χ3v) is 4.79. The summed E-state index contributed by atoms with van der Waals surface area (Å²) in [5, 5.41) is 3.71. The third-order valence-electron chi connectivity index (χ3n) is 4.79. The topological polar surface area (TPSA) is 21.3 Å². The van der Waals surface area contributed by atoms with Crippen molar-refractivity contribution in [2.45, 2.75) is 63.8 Å². The average molecular weight is 289 g/mol. The minimum Gasteiger partial charge on any atom is -0.385 e. The Morgan fingerprint density at radius 2 is 2.05 bits per heavy atom. The zero-order valence-corrected chi connectivity index (χ0v) is 14.0. The van der Waals surface area contributed by atoms with Crippen LogP contribution in [-0.2, 0) is 16.6 Å². The minimum absolute atomic E-state index is 0.326. The molecule has 118 valence electrons. The highest BCUT2D eigenvalue weighted by Gasteiger charge is 2.35. The van der Waals surface area contributed by atoms with Gasteiger partial charge in [-0.1, -0.05) is 44.5 Å². The number of rotatable bonds is 8. The van der Waals surface area contributed by atoms with Crippen LogP contribution in [0.3, 0.4) is 0 Å². The lowest BCUT2D eigenvalue weighted by Gasteiger charge is -2.40. The number of benzene rings is 1. The van der Waals surface area contributed by atoms with Gasteiger partial charge in [-0.2, -0.15) is 0 Å². The summed E-state index contributed by atoms with van der Waals surface area (Å²) in [6.45, 7) is 6.48. The summed E-state index contributed by atoms with van der Waals surface area (Å²) >= 11 is 0. The van der Waals surface area contributed by atoms with E-state index in [9.17, 15) is 0 Å². The fourth-order valence-electron chi connectivity index (χ4n) is 3.65. The largest absolute Gasteiger partial charge is 0.385 e. The predicted molar refractivity (Wildman–Crippen MR) is 89.9 cm³/mol. The van der Waals surface area contributed by atoms with E-state index >= 15 is 0 Å². The van der Waals surface area contributed by atoms with E-state index in [1.54, 1.807) is 18.2 Å². The molecule has 21 heavy (non-hydrogen) atoms. The zero-order chi connectivity index (χ0) is 15.1. The van der Waals surface area contributed by atoms with Crippen molar-refractivity contribution < 1.29 is 4.74 Å². The van der Waals surface area contributed by atoms with Gasteiger partial charge in [0, 0.05) is 31.7 Å². The van der Waals surface area contributed by atoms with Crippen molar-refractivity contribution in [1.29, 1.82) is 0 Å². The molecule has 0 heterocycles. The Bertz CT molecular complexity index is 429. The first-order chi connectivity index (χ1) is 10.2. The van der Waals surface area contributed by atoms with Gasteiger partial charge in [0.25, 0.3) is 0 Å². The van der Waals surface area contributed by atoms with Crippen molar-refractivity contribution in [2.75, 3.05) is 20.3 Å². The van der Waals surface area contributed by atoms with E-state index in [2.05, 4.69) is 43.4 Å². The lowest BCUT2D eigenvalue weighted by atomic mass is 9.67. The van der Waals surface area contributed by atoms with Gasteiger partial charge >= 0.3 is 0 Å². The lowest BCUT2D eigenvalue weighted by molar-refractivity contribution is 0.186. The maximum atomic E-state index is 5.22. The summed E-state index contributed by atoms with van der Waals surface area (Å²) in [7, 11) is 1.80. The highest BCUT2D eigenvalue weighted by molar-refractivity contribution is 5.37. The van der Waals surface area contributed by atoms with E-state index in [1.807, 2.05) is 0 Å². The molecular formula is C19H31NO. The molecule has 0 aliphatic heterocycles. The molecule has 2 nitrogen and oxygen atoms in total. The second-order valence-electron chi connectivity index (χ2n) is 6.78. The summed E-state index contributed by atoms with van der Waals surface area (Å²) in [6, 6.07) is 9.65.